The van der Waals surface area contributed by atoms with E-state index in [1.165, 1.54) is 17.5 Å². The molecule has 7 nitrogen and oxygen atoms in total. The number of ether oxygens (including phenoxy) is 1. The van der Waals surface area contributed by atoms with Crippen molar-refractivity contribution >= 4 is 60.1 Å². The Labute approximate surface area is 197 Å². The first-order valence-corrected chi connectivity index (χ1v) is 11.4. The molecular formula is C23H19BrN4O3S. The molecule has 4 rings (SSSR count). The Hall–Kier alpha value is -3.30. The molecule has 0 aliphatic rings. The van der Waals surface area contributed by atoms with Gasteiger partial charge in [0.25, 0.3) is 11.8 Å². The molecule has 2 heterocycles. The lowest BCUT2D eigenvalue weighted by molar-refractivity contribution is 0.102. The van der Waals surface area contributed by atoms with E-state index >= 15 is 0 Å². The average Bonchev–Trinajstić information content (AvgIpc) is 3.16. The molecule has 0 radical (unpaired) electrons. The standard InChI is InChI=1S/C23H19BrN4O3S/c1-3-31-16-7-8-18-19(10-16)32-23(26-18)28-22(30)17-6-4-5-13(2)20(17)27-21(29)14-9-15(24)12-25-11-14/h4-12H,3H2,1-2H3,(H,27,29)(H,26,28,30). The van der Waals surface area contributed by atoms with Gasteiger partial charge in [-0.3, -0.25) is 19.9 Å². The number of carbonyl (C=O) groups excluding carboxylic acids is 2. The van der Waals surface area contributed by atoms with Crippen molar-refractivity contribution in [3.63, 3.8) is 0 Å². The highest BCUT2D eigenvalue weighted by atomic mass is 79.9. The molecule has 2 N–H and O–H groups in total. The quantitative estimate of drug-likeness (QED) is 0.348. The van der Waals surface area contributed by atoms with Crippen molar-refractivity contribution in [3.8, 4) is 5.75 Å². The van der Waals surface area contributed by atoms with Crippen molar-refractivity contribution in [2.75, 3.05) is 17.2 Å². The molecule has 0 aliphatic heterocycles. The maximum Gasteiger partial charge on any atom is 0.259 e. The van der Waals surface area contributed by atoms with Gasteiger partial charge in [0.2, 0.25) is 0 Å². The van der Waals surface area contributed by atoms with Crippen LogP contribution in [0.15, 0.2) is 59.3 Å². The normalized spacial score (nSPS) is 10.7. The highest BCUT2D eigenvalue weighted by Crippen LogP contribution is 2.30. The number of pyridine rings is 1. The number of nitrogens with zero attached hydrogens (tertiary/aromatic N) is 2. The van der Waals surface area contributed by atoms with E-state index in [-0.39, 0.29) is 11.8 Å². The van der Waals surface area contributed by atoms with Crippen LogP contribution in [0.2, 0.25) is 0 Å². The monoisotopic (exact) mass is 510 g/mol. The predicted octanol–water partition coefficient (Wildman–Crippen LogP) is 5.67. The maximum absolute atomic E-state index is 13.1. The fourth-order valence-corrected chi connectivity index (χ4v) is 4.38. The molecule has 162 valence electrons. The van der Waals surface area contributed by atoms with Gasteiger partial charge in [0.15, 0.2) is 5.13 Å². The number of anilines is 2. The van der Waals surface area contributed by atoms with Gasteiger partial charge < -0.3 is 10.1 Å². The number of carbonyl (C=O) groups is 2. The lowest BCUT2D eigenvalue weighted by atomic mass is 10.1. The molecule has 0 unspecified atom stereocenters. The molecule has 0 fully saturated rings. The number of rotatable bonds is 6. The first-order chi connectivity index (χ1) is 15.4. The second-order valence-electron chi connectivity index (χ2n) is 6.88. The summed E-state index contributed by atoms with van der Waals surface area (Å²) in [6.07, 6.45) is 3.06. The number of hydrogen-bond donors (Lipinski definition) is 2. The highest BCUT2D eigenvalue weighted by Gasteiger charge is 2.18. The molecule has 0 saturated heterocycles. The van der Waals surface area contributed by atoms with Crippen LogP contribution in [0.4, 0.5) is 10.8 Å². The number of nitrogens with one attached hydrogen (secondary N) is 2. The zero-order valence-corrected chi connectivity index (χ0v) is 19.7. The lowest BCUT2D eigenvalue weighted by Gasteiger charge is -2.13. The molecule has 0 bridgehead atoms. The summed E-state index contributed by atoms with van der Waals surface area (Å²) in [6.45, 7) is 4.33. The van der Waals surface area contributed by atoms with E-state index in [0.29, 0.717) is 33.0 Å². The summed E-state index contributed by atoms with van der Waals surface area (Å²) in [5, 5.41) is 6.15. The minimum absolute atomic E-state index is 0.343. The third kappa shape index (κ3) is 4.79. The molecule has 4 aromatic rings. The molecule has 0 aliphatic carbocycles. The van der Waals surface area contributed by atoms with Gasteiger partial charge in [0.05, 0.1) is 33.6 Å². The number of amides is 2. The topological polar surface area (TPSA) is 93.2 Å². The molecule has 32 heavy (non-hydrogen) atoms. The molecule has 2 amide bonds. The van der Waals surface area contributed by atoms with Crippen molar-refractivity contribution in [2.45, 2.75) is 13.8 Å². The van der Waals surface area contributed by atoms with Crippen LogP contribution in [-0.4, -0.2) is 28.4 Å². The summed E-state index contributed by atoms with van der Waals surface area (Å²) in [5.74, 6) is 0.0401. The van der Waals surface area contributed by atoms with Crippen molar-refractivity contribution in [1.29, 1.82) is 0 Å². The summed E-state index contributed by atoms with van der Waals surface area (Å²) >= 11 is 4.67. The van der Waals surface area contributed by atoms with Crippen LogP contribution >= 0.6 is 27.3 Å². The fourth-order valence-electron chi connectivity index (χ4n) is 3.12. The highest BCUT2D eigenvalue weighted by molar-refractivity contribution is 9.10. The Morgan fingerprint density at radius 1 is 1.09 bits per heavy atom. The van der Waals surface area contributed by atoms with Gasteiger partial charge in [-0.15, -0.1) is 0 Å². The van der Waals surface area contributed by atoms with Crippen molar-refractivity contribution in [2.24, 2.45) is 0 Å². The maximum atomic E-state index is 13.1. The Balaban J connectivity index is 1.58. The molecule has 0 spiro atoms. The summed E-state index contributed by atoms with van der Waals surface area (Å²) in [7, 11) is 0. The minimum Gasteiger partial charge on any atom is -0.494 e. The van der Waals surface area contributed by atoms with E-state index < -0.39 is 0 Å². The Morgan fingerprint density at radius 3 is 2.72 bits per heavy atom. The second kappa shape index (κ2) is 9.46. The SMILES string of the molecule is CCOc1ccc2nc(NC(=O)c3cccc(C)c3NC(=O)c3cncc(Br)c3)sc2c1. The average molecular weight is 511 g/mol. The van der Waals surface area contributed by atoms with E-state index in [4.69, 9.17) is 4.74 Å². The number of halogens is 1. The van der Waals surface area contributed by atoms with Crippen LogP contribution < -0.4 is 15.4 Å². The Morgan fingerprint density at radius 2 is 1.94 bits per heavy atom. The summed E-state index contributed by atoms with van der Waals surface area (Å²) in [4.78, 5) is 34.3. The van der Waals surface area contributed by atoms with Crippen LogP contribution in [0.5, 0.6) is 5.75 Å². The first-order valence-electron chi connectivity index (χ1n) is 9.81. The van der Waals surface area contributed by atoms with Gasteiger partial charge in [-0.2, -0.15) is 0 Å². The van der Waals surface area contributed by atoms with Gasteiger partial charge in [0, 0.05) is 16.9 Å². The number of aromatic nitrogens is 2. The van der Waals surface area contributed by atoms with Crippen LogP contribution in [-0.2, 0) is 0 Å². The number of para-hydroxylation sites is 1. The number of benzene rings is 2. The van der Waals surface area contributed by atoms with Gasteiger partial charge in [0.1, 0.15) is 5.75 Å². The summed E-state index contributed by atoms with van der Waals surface area (Å²) < 4.78 is 7.13. The number of aryl methyl sites for hydroxylation is 1. The molecule has 0 atom stereocenters. The number of fused-ring (bicyclic) bond motifs is 1. The van der Waals surface area contributed by atoms with E-state index in [0.717, 1.165) is 21.5 Å². The van der Waals surface area contributed by atoms with E-state index in [1.807, 2.05) is 38.1 Å². The minimum atomic E-state index is -0.361. The second-order valence-corrected chi connectivity index (χ2v) is 8.83. The Kier molecular flexibility index (Phi) is 6.48. The summed E-state index contributed by atoms with van der Waals surface area (Å²) in [6, 6.07) is 12.5. The molecule has 2 aromatic heterocycles. The fraction of sp³-hybridized carbons (Fsp3) is 0.130. The third-order valence-corrected chi connectivity index (χ3v) is 5.98. The van der Waals surface area contributed by atoms with Crippen molar-refractivity contribution in [3.05, 3.63) is 76.0 Å². The van der Waals surface area contributed by atoms with Crippen LogP contribution in [0.3, 0.4) is 0 Å². The third-order valence-electron chi connectivity index (χ3n) is 4.61. The van der Waals surface area contributed by atoms with E-state index in [2.05, 4.69) is 36.5 Å². The van der Waals surface area contributed by atoms with Crippen molar-refractivity contribution in [1.82, 2.24) is 9.97 Å². The van der Waals surface area contributed by atoms with Gasteiger partial charge in [-0.1, -0.05) is 23.5 Å². The largest absolute Gasteiger partial charge is 0.494 e. The summed E-state index contributed by atoms with van der Waals surface area (Å²) in [5.41, 5.74) is 2.70. The van der Waals surface area contributed by atoms with Crippen molar-refractivity contribution < 1.29 is 14.3 Å². The number of hydrogen-bond acceptors (Lipinski definition) is 6. The predicted molar refractivity (Wildman–Crippen MR) is 130 cm³/mol. The van der Waals surface area contributed by atoms with E-state index in [9.17, 15) is 9.59 Å². The van der Waals surface area contributed by atoms with Gasteiger partial charge >= 0.3 is 0 Å². The molecule has 2 aromatic carbocycles. The van der Waals surface area contributed by atoms with Crippen LogP contribution in [0.1, 0.15) is 33.2 Å². The zero-order chi connectivity index (χ0) is 22.7. The smallest absolute Gasteiger partial charge is 0.259 e. The Bertz CT molecular complexity index is 1320. The lowest BCUT2D eigenvalue weighted by Crippen LogP contribution is -2.19. The number of thiazole rings is 1. The molecular weight excluding hydrogens is 492 g/mol. The zero-order valence-electron chi connectivity index (χ0n) is 17.3. The van der Waals surface area contributed by atoms with Crippen LogP contribution in [0, 0.1) is 6.92 Å². The molecule has 9 heteroatoms. The van der Waals surface area contributed by atoms with Gasteiger partial charge in [-0.05, 0) is 65.7 Å². The first kappa shape index (κ1) is 21.9. The van der Waals surface area contributed by atoms with Gasteiger partial charge in [-0.25, -0.2) is 4.98 Å². The van der Waals surface area contributed by atoms with Crippen LogP contribution in [0.25, 0.3) is 10.2 Å². The molecule has 0 saturated carbocycles. The van der Waals surface area contributed by atoms with E-state index in [1.54, 1.807) is 24.4 Å².